The molecule has 0 spiro atoms. The van der Waals surface area contributed by atoms with Crippen molar-refractivity contribution in [1.82, 2.24) is 0 Å². The van der Waals surface area contributed by atoms with Gasteiger partial charge in [-0.25, -0.2) is 0 Å². The van der Waals surface area contributed by atoms with Crippen molar-refractivity contribution in [2.45, 2.75) is 6.42 Å². The third kappa shape index (κ3) is 3.14. The number of Topliss-reactive ketones (excluding diaryl/α,β-unsaturated/α-hetero) is 3. The van der Waals surface area contributed by atoms with Gasteiger partial charge in [-0.15, -0.1) is 0 Å². The van der Waals surface area contributed by atoms with Crippen molar-refractivity contribution in [1.29, 1.82) is 0 Å². The number of nitrogens with zero attached hydrogens (tertiary/aromatic N) is 1. The van der Waals surface area contributed by atoms with E-state index < -0.39 is 28.2 Å². The predicted octanol–water partition coefficient (Wildman–Crippen LogP) is 3.26. The molecule has 3 rings (SSSR count). The second kappa shape index (κ2) is 6.60. The lowest BCUT2D eigenvalue weighted by Gasteiger charge is -2.03. The molecule has 2 aromatic rings. The third-order valence-corrected chi connectivity index (χ3v) is 4.01. The standard InChI is InChI=1S/C19H13NO5/c21-16(10-4-6-12-5-3-7-13(11-12)20(24)25)17-18(22)14-8-1-2-9-15(14)19(17)23/h1-9,11,17H,10H2. The fourth-order valence-electron chi connectivity index (χ4n) is 2.81. The van der Waals surface area contributed by atoms with Crippen LogP contribution in [0.1, 0.15) is 32.7 Å². The molecule has 25 heavy (non-hydrogen) atoms. The summed E-state index contributed by atoms with van der Waals surface area (Å²) < 4.78 is 0. The largest absolute Gasteiger partial charge is 0.298 e. The number of rotatable bonds is 5. The molecular weight excluding hydrogens is 322 g/mol. The Morgan fingerprint density at radius 1 is 1.04 bits per heavy atom. The molecule has 0 radical (unpaired) electrons. The molecule has 2 aromatic carbocycles. The summed E-state index contributed by atoms with van der Waals surface area (Å²) in [4.78, 5) is 47.1. The van der Waals surface area contributed by atoms with Crippen molar-refractivity contribution in [3.8, 4) is 0 Å². The van der Waals surface area contributed by atoms with Crippen LogP contribution in [0.25, 0.3) is 6.08 Å². The summed E-state index contributed by atoms with van der Waals surface area (Å²) in [5.41, 5.74) is 1.08. The van der Waals surface area contributed by atoms with Crippen LogP contribution in [0.15, 0.2) is 54.6 Å². The van der Waals surface area contributed by atoms with Crippen molar-refractivity contribution in [2.75, 3.05) is 0 Å². The van der Waals surface area contributed by atoms with Crippen LogP contribution in [-0.2, 0) is 4.79 Å². The molecule has 0 N–H and O–H groups in total. The van der Waals surface area contributed by atoms with Crippen molar-refractivity contribution in [2.24, 2.45) is 5.92 Å². The van der Waals surface area contributed by atoms with Gasteiger partial charge in [0.25, 0.3) is 5.69 Å². The Labute approximate surface area is 142 Å². The summed E-state index contributed by atoms with van der Waals surface area (Å²) in [6.07, 6.45) is 2.96. The van der Waals surface area contributed by atoms with E-state index in [2.05, 4.69) is 0 Å². The molecule has 1 aliphatic rings. The van der Waals surface area contributed by atoms with E-state index >= 15 is 0 Å². The average molecular weight is 335 g/mol. The average Bonchev–Trinajstić information content (AvgIpc) is 2.86. The summed E-state index contributed by atoms with van der Waals surface area (Å²) in [5, 5.41) is 10.7. The number of carbonyl (C=O) groups excluding carboxylic acids is 3. The molecule has 0 atom stereocenters. The summed E-state index contributed by atoms with van der Waals surface area (Å²) >= 11 is 0. The SMILES string of the molecule is O=C(CC=Cc1cccc([N+](=O)[O-])c1)C1C(=O)c2ccccc2C1=O. The van der Waals surface area contributed by atoms with Gasteiger partial charge in [0.05, 0.1) is 4.92 Å². The number of allylic oxidation sites excluding steroid dienone is 1. The Morgan fingerprint density at radius 3 is 2.28 bits per heavy atom. The molecule has 0 bridgehead atoms. The molecule has 1 aliphatic carbocycles. The predicted molar refractivity (Wildman–Crippen MR) is 90.3 cm³/mol. The first-order chi connectivity index (χ1) is 12.0. The molecule has 0 saturated heterocycles. The second-order valence-corrected chi connectivity index (χ2v) is 5.63. The quantitative estimate of drug-likeness (QED) is 0.475. The van der Waals surface area contributed by atoms with Crippen LogP contribution in [0.3, 0.4) is 0 Å². The highest BCUT2D eigenvalue weighted by Crippen LogP contribution is 2.28. The molecule has 0 saturated carbocycles. The Morgan fingerprint density at radius 2 is 1.68 bits per heavy atom. The first-order valence-corrected chi connectivity index (χ1v) is 7.60. The summed E-state index contributed by atoms with van der Waals surface area (Å²) in [6, 6.07) is 12.3. The Kier molecular flexibility index (Phi) is 4.35. The van der Waals surface area contributed by atoms with Crippen LogP contribution in [0.4, 0.5) is 5.69 Å². The van der Waals surface area contributed by atoms with Gasteiger partial charge in [0.1, 0.15) is 5.92 Å². The lowest BCUT2D eigenvalue weighted by molar-refractivity contribution is -0.384. The van der Waals surface area contributed by atoms with E-state index in [4.69, 9.17) is 0 Å². The van der Waals surface area contributed by atoms with Gasteiger partial charge in [-0.1, -0.05) is 48.6 Å². The van der Waals surface area contributed by atoms with Gasteiger partial charge in [-0.3, -0.25) is 24.5 Å². The number of hydrogen-bond donors (Lipinski definition) is 0. The Bertz CT molecular complexity index is 894. The molecule has 0 fully saturated rings. The molecule has 0 aromatic heterocycles. The van der Waals surface area contributed by atoms with Crippen LogP contribution in [0.2, 0.25) is 0 Å². The van der Waals surface area contributed by atoms with Gasteiger partial charge in [-0.05, 0) is 5.56 Å². The van der Waals surface area contributed by atoms with Gasteiger partial charge in [0.2, 0.25) is 0 Å². The summed E-state index contributed by atoms with van der Waals surface area (Å²) in [5.74, 6) is -2.69. The molecule has 6 nitrogen and oxygen atoms in total. The van der Waals surface area contributed by atoms with Gasteiger partial charge in [0.15, 0.2) is 17.3 Å². The maximum Gasteiger partial charge on any atom is 0.270 e. The number of carbonyl (C=O) groups is 3. The number of nitro benzene ring substituents is 1. The fourth-order valence-corrected chi connectivity index (χ4v) is 2.81. The van der Waals surface area contributed by atoms with Crippen molar-refractivity contribution in [3.63, 3.8) is 0 Å². The number of fused-ring (bicyclic) bond motifs is 1. The summed E-state index contributed by atoms with van der Waals surface area (Å²) in [7, 11) is 0. The minimum absolute atomic E-state index is 0.0509. The van der Waals surface area contributed by atoms with Crippen LogP contribution in [0.5, 0.6) is 0 Å². The number of ketones is 3. The van der Waals surface area contributed by atoms with Crippen LogP contribution < -0.4 is 0 Å². The molecule has 0 amide bonds. The lowest BCUT2D eigenvalue weighted by Crippen LogP contribution is -2.24. The zero-order valence-corrected chi connectivity index (χ0v) is 13.0. The van der Waals surface area contributed by atoms with E-state index in [1.54, 1.807) is 42.5 Å². The van der Waals surface area contributed by atoms with E-state index in [1.807, 2.05) is 0 Å². The normalized spacial score (nSPS) is 14.1. The van der Waals surface area contributed by atoms with E-state index in [0.29, 0.717) is 5.56 Å². The smallest absolute Gasteiger partial charge is 0.270 e. The molecule has 124 valence electrons. The lowest BCUT2D eigenvalue weighted by atomic mass is 9.96. The summed E-state index contributed by atoms with van der Waals surface area (Å²) in [6.45, 7) is 0. The van der Waals surface area contributed by atoms with Crippen LogP contribution in [-0.4, -0.2) is 22.3 Å². The minimum Gasteiger partial charge on any atom is -0.298 e. The minimum atomic E-state index is -1.29. The van der Waals surface area contributed by atoms with E-state index in [-0.39, 0.29) is 23.2 Å². The Hall–Kier alpha value is -3.41. The highest BCUT2D eigenvalue weighted by Gasteiger charge is 2.42. The van der Waals surface area contributed by atoms with Gasteiger partial charge < -0.3 is 0 Å². The number of hydrogen-bond acceptors (Lipinski definition) is 5. The zero-order chi connectivity index (χ0) is 18.0. The van der Waals surface area contributed by atoms with Gasteiger partial charge >= 0.3 is 0 Å². The Balaban J connectivity index is 1.72. The topological polar surface area (TPSA) is 94.3 Å². The monoisotopic (exact) mass is 335 g/mol. The maximum absolute atomic E-state index is 12.3. The highest BCUT2D eigenvalue weighted by atomic mass is 16.6. The first kappa shape index (κ1) is 16.4. The third-order valence-electron chi connectivity index (χ3n) is 4.01. The molecule has 6 heteroatoms. The second-order valence-electron chi connectivity index (χ2n) is 5.63. The van der Waals surface area contributed by atoms with E-state index in [1.165, 1.54) is 18.2 Å². The fraction of sp³-hybridized carbons (Fsp3) is 0.105. The molecule has 0 aliphatic heterocycles. The van der Waals surface area contributed by atoms with Gasteiger partial charge in [-0.2, -0.15) is 0 Å². The van der Waals surface area contributed by atoms with E-state index in [9.17, 15) is 24.5 Å². The molecule has 0 unspecified atom stereocenters. The van der Waals surface area contributed by atoms with Gasteiger partial charge in [0, 0.05) is 29.7 Å². The van der Waals surface area contributed by atoms with Crippen LogP contribution in [0, 0.1) is 16.0 Å². The maximum atomic E-state index is 12.3. The van der Waals surface area contributed by atoms with Crippen molar-refractivity contribution in [3.05, 3.63) is 81.4 Å². The number of nitro groups is 1. The van der Waals surface area contributed by atoms with Crippen molar-refractivity contribution >= 4 is 29.1 Å². The number of non-ortho nitro benzene ring substituents is 1. The zero-order valence-electron chi connectivity index (χ0n) is 13.0. The van der Waals surface area contributed by atoms with Crippen molar-refractivity contribution < 1.29 is 19.3 Å². The highest BCUT2D eigenvalue weighted by molar-refractivity contribution is 6.35. The van der Waals surface area contributed by atoms with E-state index in [0.717, 1.165) is 0 Å². The van der Waals surface area contributed by atoms with Crippen LogP contribution >= 0.6 is 0 Å². The molecule has 0 heterocycles. The first-order valence-electron chi connectivity index (χ1n) is 7.60. The molecular formula is C19H13NO5. The number of benzene rings is 2.